The number of hydrogen-bond acceptors (Lipinski definition) is 3. The van der Waals surface area contributed by atoms with E-state index in [9.17, 15) is 0 Å². The van der Waals surface area contributed by atoms with Crippen molar-refractivity contribution >= 4 is 0 Å². The Morgan fingerprint density at radius 2 is 2.00 bits per heavy atom. The van der Waals surface area contributed by atoms with Gasteiger partial charge in [0.1, 0.15) is 0 Å². The molecule has 0 fully saturated rings. The van der Waals surface area contributed by atoms with Crippen molar-refractivity contribution in [2.75, 3.05) is 7.05 Å². The first-order chi connectivity index (χ1) is 7.45. The number of nitrogens with one attached hydrogen (secondary N) is 1. The Morgan fingerprint density at radius 3 is 2.44 bits per heavy atom. The summed E-state index contributed by atoms with van der Waals surface area (Å²) in [6.07, 6.45) is 6.39. The van der Waals surface area contributed by atoms with E-state index in [0.717, 1.165) is 12.1 Å². The second kappa shape index (κ2) is 5.39. The van der Waals surface area contributed by atoms with Crippen molar-refractivity contribution in [3.8, 4) is 0 Å². The van der Waals surface area contributed by atoms with E-state index in [1.165, 1.54) is 0 Å². The van der Waals surface area contributed by atoms with Crippen LogP contribution < -0.4 is 5.32 Å². The highest BCUT2D eigenvalue weighted by Crippen LogP contribution is 2.32. The molecule has 0 aliphatic carbocycles. The van der Waals surface area contributed by atoms with Gasteiger partial charge in [-0.1, -0.05) is 27.7 Å². The molecule has 0 amide bonds. The maximum Gasteiger partial charge on any atom is 0.0756 e. The lowest BCUT2D eigenvalue weighted by Gasteiger charge is -2.30. The Bertz CT molecular complexity index is 303. The summed E-state index contributed by atoms with van der Waals surface area (Å²) in [7, 11) is 1.98. The minimum absolute atomic E-state index is 0.294. The van der Waals surface area contributed by atoms with Gasteiger partial charge in [-0.25, -0.2) is 0 Å². The largest absolute Gasteiger partial charge is 0.312 e. The highest BCUT2D eigenvalue weighted by Gasteiger charge is 2.24. The van der Waals surface area contributed by atoms with E-state index in [1.54, 1.807) is 12.4 Å². The van der Waals surface area contributed by atoms with Crippen LogP contribution >= 0.6 is 0 Å². The lowest BCUT2D eigenvalue weighted by Crippen LogP contribution is -2.26. The van der Waals surface area contributed by atoms with Gasteiger partial charge in [-0.05, 0) is 24.8 Å². The molecule has 1 N–H and O–H groups in total. The highest BCUT2D eigenvalue weighted by atomic mass is 14.9. The molecule has 1 aromatic rings. The molecule has 0 aromatic carbocycles. The summed E-state index contributed by atoms with van der Waals surface area (Å²) in [6.45, 7) is 9.13. The standard InChI is InChI=1S/C13H23N3/c1-10(13(2,3)4)8-11(14-5)12-9-15-6-7-16-12/h6-7,9-11,14H,8H2,1-5H3. The number of aromatic nitrogens is 2. The van der Waals surface area contributed by atoms with Crippen LogP contribution in [0.1, 0.15) is 45.9 Å². The smallest absolute Gasteiger partial charge is 0.0756 e. The normalized spacial score (nSPS) is 15.8. The molecule has 0 radical (unpaired) electrons. The monoisotopic (exact) mass is 221 g/mol. The van der Waals surface area contributed by atoms with Crippen LogP contribution in [0.2, 0.25) is 0 Å². The summed E-state index contributed by atoms with van der Waals surface area (Å²) in [5.41, 5.74) is 1.36. The molecular weight excluding hydrogens is 198 g/mol. The van der Waals surface area contributed by atoms with E-state index in [-0.39, 0.29) is 0 Å². The fraction of sp³-hybridized carbons (Fsp3) is 0.692. The van der Waals surface area contributed by atoms with Crippen LogP contribution in [0, 0.1) is 11.3 Å². The topological polar surface area (TPSA) is 37.8 Å². The van der Waals surface area contributed by atoms with Gasteiger partial charge in [-0.2, -0.15) is 0 Å². The van der Waals surface area contributed by atoms with Crippen molar-refractivity contribution in [3.05, 3.63) is 24.3 Å². The summed E-state index contributed by atoms with van der Waals surface area (Å²) >= 11 is 0. The van der Waals surface area contributed by atoms with Crippen molar-refractivity contribution in [2.24, 2.45) is 11.3 Å². The SMILES string of the molecule is CNC(CC(C)C(C)(C)C)c1cnccn1. The lowest BCUT2D eigenvalue weighted by atomic mass is 9.78. The van der Waals surface area contributed by atoms with Gasteiger partial charge in [-0.3, -0.25) is 9.97 Å². The van der Waals surface area contributed by atoms with Crippen molar-refractivity contribution < 1.29 is 0 Å². The van der Waals surface area contributed by atoms with Gasteiger partial charge < -0.3 is 5.32 Å². The van der Waals surface area contributed by atoms with Crippen molar-refractivity contribution in [1.82, 2.24) is 15.3 Å². The van der Waals surface area contributed by atoms with E-state index >= 15 is 0 Å². The average molecular weight is 221 g/mol. The van der Waals surface area contributed by atoms with Gasteiger partial charge in [-0.15, -0.1) is 0 Å². The lowest BCUT2D eigenvalue weighted by molar-refractivity contribution is 0.225. The van der Waals surface area contributed by atoms with Crippen LogP contribution in [-0.4, -0.2) is 17.0 Å². The van der Waals surface area contributed by atoms with Crippen LogP contribution in [0.25, 0.3) is 0 Å². The molecule has 0 bridgehead atoms. The van der Waals surface area contributed by atoms with Crippen LogP contribution in [0.3, 0.4) is 0 Å². The first-order valence-corrected chi connectivity index (χ1v) is 5.88. The molecule has 0 saturated heterocycles. The molecule has 3 nitrogen and oxygen atoms in total. The second-order valence-corrected chi connectivity index (χ2v) is 5.47. The summed E-state index contributed by atoms with van der Waals surface area (Å²) < 4.78 is 0. The third-order valence-corrected chi connectivity index (χ3v) is 3.36. The molecule has 0 aliphatic heterocycles. The Balaban J connectivity index is 2.70. The number of hydrogen-bond donors (Lipinski definition) is 1. The quantitative estimate of drug-likeness (QED) is 0.849. The van der Waals surface area contributed by atoms with Gasteiger partial charge in [0, 0.05) is 18.6 Å². The summed E-state index contributed by atoms with van der Waals surface area (Å²) in [6, 6.07) is 0.294. The van der Waals surface area contributed by atoms with E-state index in [1.807, 2.05) is 13.2 Å². The Kier molecular flexibility index (Phi) is 4.42. The zero-order valence-corrected chi connectivity index (χ0v) is 11.0. The molecule has 0 aliphatic rings. The average Bonchev–Trinajstić information content (AvgIpc) is 2.25. The number of nitrogens with zero attached hydrogens (tertiary/aromatic N) is 2. The molecule has 16 heavy (non-hydrogen) atoms. The third kappa shape index (κ3) is 3.56. The van der Waals surface area contributed by atoms with Crippen LogP contribution in [0.5, 0.6) is 0 Å². The molecule has 0 saturated carbocycles. The van der Waals surface area contributed by atoms with E-state index in [2.05, 4.69) is 43.0 Å². The van der Waals surface area contributed by atoms with Crippen molar-refractivity contribution in [1.29, 1.82) is 0 Å². The van der Waals surface area contributed by atoms with Gasteiger partial charge in [0.2, 0.25) is 0 Å². The molecule has 1 aromatic heterocycles. The molecule has 3 heteroatoms. The van der Waals surface area contributed by atoms with Gasteiger partial charge in [0.05, 0.1) is 11.7 Å². The predicted molar refractivity (Wildman–Crippen MR) is 67.1 cm³/mol. The molecule has 1 heterocycles. The molecule has 2 unspecified atom stereocenters. The van der Waals surface area contributed by atoms with Gasteiger partial charge >= 0.3 is 0 Å². The van der Waals surface area contributed by atoms with E-state index in [0.29, 0.717) is 17.4 Å². The molecule has 2 atom stereocenters. The fourth-order valence-electron chi connectivity index (χ4n) is 1.58. The third-order valence-electron chi connectivity index (χ3n) is 3.36. The molecule has 0 spiro atoms. The van der Waals surface area contributed by atoms with Gasteiger partial charge in [0.25, 0.3) is 0 Å². The highest BCUT2D eigenvalue weighted by molar-refractivity contribution is 5.02. The Labute approximate surface area is 98.7 Å². The fourth-order valence-corrected chi connectivity index (χ4v) is 1.58. The van der Waals surface area contributed by atoms with Crippen molar-refractivity contribution in [2.45, 2.75) is 40.2 Å². The minimum Gasteiger partial charge on any atom is -0.312 e. The first-order valence-electron chi connectivity index (χ1n) is 5.88. The Hall–Kier alpha value is -0.960. The molecule has 1 rings (SSSR count). The molecule has 90 valence electrons. The maximum atomic E-state index is 4.36. The van der Waals surface area contributed by atoms with Crippen LogP contribution in [-0.2, 0) is 0 Å². The summed E-state index contributed by atoms with van der Waals surface area (Å²) in [4.78, 5) is 8.48. The van der Waals surface area contributed by atoms with Crippen molar-refractivity contribution in [3.63, 3.8) is 0 Å². The van der Waals surface area contributed by atoms with E-state index in [4.69, 9.17) is 0 Å². The summed E-state index contributed by atoms with van der Waals surface area (Å²) in [5, 5.41) is 3.32. The van der Waals surface area contributed by atoms with Gasteiger partial charge in [0.15, 0.2) is 0 Å². The van der Waals surface area contributed by atoms with Crippen LogP contribution in [0.4, 0.5) is 0 Å². The Morgan fingerprint density at radius 1 is 1.31 bits per heavy atom. The number of rotatable bonds is 4. The maximum absolute atomic E-state index is 4.36. The summed E-state index contributed by atoms with van der Waals surface area (Å²) in [5.74, 6) is 0.631. The zero-order valence-electron chi connectivity index (χ0n) is 11.0. The van der Waals surface area contributed by atoms with Crippen LogP contribution in [0.15, 0.2) is 18.6 Å². The minimum atomic E-state index is 0.294. The van der Waals surface area contributed by atoms with E-state index < -0.39 is 0 Å². The molecular formula is C13H23N3. The zero-order chi connectivity index (χ0) is 12.2. The predicted octanol–water partition coefficient (Wildman–Crippen LogP) is 2.81. The first kappa shape index (κ1) is 13.1. The second-order valence-electron chi connectivity index (χ2n) is 5.47.